The van der Waals surface area contributed by atoms with Crippen molar-refractivity contribution < 1.29 is 13.6 Å². The quantitative estimate of drug-likeness (QED) is 0.664. The standard InChI is InChI=1S/C17H10F2N2OS/c1-2-9-21-14-8-7-13(19)10-15(14)23-17(21)20-16(22)11-3-5-12(18)6-4-11/h1,3-8,10H,9H2. The fourth-order valence-electron chi connectivity index (χ4n) is 2.12. The van der Waals surface area contributed by atoms with Crippen LogP contribution in [-0.2, 0) is 6.54 Å². The molecule has 3 rings (SSSR count). The third-order valence-corrected chi connectivity index (χ3v) is 4.22. The van der Waals surface area contributed by atoms with Gasteiger partial charge in [0.1, 0.15) is 11.6 Å². The summed E-state index contributed by atoms with van der Waals surface area (Å²) in [5, 5.41) is 0. The van der Waals surface area contributed by atoms with Crippen molar-refractivity contribution >= 4 is 27.5 Å². The van der Waals surface area contributed by atoms with Crippen molar-refractivity contribution in [2.75, 3.05) is 0 Å². The lowest BCUT2D eigenvalue weighted by Gasteiger charge is -1.99. The van der Waals surface area contributed by atoms with Crippen LogP contribution < -0.4 is 4.80 Å². The Morgan fingerprint density at radius 2 is 1.87 bits per heavy atom. The van der Waals surface area contributed by atoms with Gasteiger partial charge in [0.15, 0.2) is 4.80 Å². The second-order valence-corrected chi connectivity index (χ2v) is 5.72. The van der Waals surface area contributed by atoms with Gasteiger partial charge in [-0.15, -0.1) is 6.42 Å². The fourth-order valence-corrected chi connectivity index (χ4v) is 3.17. The Bertz CT molecular complexity index is 994. The molecule has 1 aromatic heterocycles. The number of nitrogens with zero attached hydrogens (tertiary/aromatic N) is 2. The molecule has 1 amide bonds. The molecule has 0 saturated carbocycles. The van der Waals surface area contributed by atoms with Crippen LogP contribution in [0.25, 0.3) is 10.2 Å². The summed E-state index contributed by atoms with van der Waals surface area (Å²) in [6.45, 7) is 0.209. The van der Waals surface area contributed by atoms with Gasteiger partial charge in [0, 0.05) is 5.56 Å². The monoisotopic (exact) mass is 328 g/mol. The summed E-state index contributed by atoms with van der Waals surface area (Å²) in [6, 6.07) is 9.40. The van der Waals surface area contributed by atoms with Gasteiger partial charge in [-0.25, -0.2) is 8.78 Å². The Balaban J connectivity index is 2.14. The Labute approximate surface area is 134 Å². The van der Waals surface area contributed by atoms with Gasteiger partial charge < -0.3 is 4.57 Å². The first-order chi connectivity index (χ1) is 11.1. The number of hydrogen-bond donors (Lipinski definition) is 0. The Morgan fingerprint density at radius 3 is 2.57 bits per heavy atom. The number of benzene rings is 2. The Kier molecular flexibility index (Phi) is 4.04. The Morgan fingerprint density at radius 1 is 1.17 bits per heavy atom. The number of hydrogen-bond acceptors (Lipinski definition) is 2. The number of rotatable bonds is 2. The molecule has 0 bridgehead atoms. The molecule has 23 heavy (non-hydrogen) atoms. The molecule has 114 valence electrons. The molecule has 6 heteroatoms. The zero-order valence-corrected chi connectivity index (χ0v) is 12.6. The molecule has 0 fully saturated rings. The van der Waals surface area contributed by atoms with Crippen LogP contribution in [0.4, 0.5) is 8.78 Å². The maximum absolute atomic E-state index is 13.4. The van der Waals surface area contributed by atoms with Crippen molar-refractivity contribution in [2.24, 2.45) is 4.99 Å². The largest absolute Gasteiger partial charge is 0.305 e. The van der Waals surface area contributed by atoms with Crippen LogP contribution in [0, 0.1) is 24.0 Å². The van der Waals surface area contributed by atoms with Crippen LogP contribution in [0.2, 0.25) is 0 Å². The maximum Gasteiger partial charge on any atom is 0.279 e. The smallest absolute Gasteiger partial charge is 0.279 e. The van der Waals surface area contributed by atoms with Crippen LogP contribution in [0.15, 0.2) is 47.5 Å². The summed E-state index contributed by atoms with van der Waals surface area (Å²) in [7, 11) is 0. The zero-order valence-electron chi connectivity index (χ0n) is 11.8. The number of thiazole rings is 1. The number of carbonyl (C=O) groups is 1. The summed E-state index contributed by atoms with van der Waals surface area (Å²) >= 11 is 1.17. The molecule has 3 nitrogen and oxygen atoms in total. The molecular weight excluding hydrogens is 318 g/mol. The lowest BCUT2D eigenvalue weighted by Crippen LogP contribution is -2.16. The lowest BCUT2D eigenvalue weighted by atomic mass is 10.2. The predicted octanol–water partition coefficient (Wildman–Crippen LogP) is 3.36. The first kappa shape index (κ1) is 15.1. The topological polar surface area (TPSA) is 34.4 Å². The van der Waals surface area contributed by atoms with E-state index in [0.717, 1.165) is 0 Å². The van der Waals surface area contributed by atoms with Gasteiger partial charge in [0.2, 0.25) is 0 Å². The normalized spacial score (nSPS) is 11.6. The van der Waals surface area contributed by atoms with Crippen molar-refractivity contribution in [3.8, 4) is 12.3 Å². The number of aromatic nitrogens is 1. The molecule has 0 saturated heterocycles. The summed E-state index contributed by atoms with van der Waals surface area (Å²) in [5.41, 5.74) is 0.974. The third-order valence-electron chi connectivity index (χ3n) is 3.18. The van der Waals surface area contributed by atoms with Crippen LogP contribution in [0.5, 0.6) is 0 Å². The highest BCUT2D eigenvalue weighted by Crippen LogP contribution is 2.18. The molecule has 2 aromatic carbocycles. The van der Waals surface area contributed by atoms with E-state index < -0.39 is 11.7 Å². The second-order valence-electron chi connectivity index (χ2n) is 4.71. The molecule has 0 N–H and O–H groups in total. The number of halogens is 2. The predicted molar refractivity (Wildman–Crippen MR) is 84.9 cm³/mol. The molecule has 0 aliphatic rings. The molecule has 0 aliphatic heterocycles. The minimum absolute atomic E-state index is 0.209. The molecule has 0 atom stereocenters. The first-order valence-corrected chi connectivity index (χ1v) is 7.47. The maximum atomic E-state index is 13.4. The third kappa shape index (κ3) is 3.05. The second kappa shape index (κ2) is 6.15. The minimum Gasteiger partial charge on any atom is -0.305 e. The number of carbonyl (C=O) groups excluding carboxylic acids is 1. The molecule has 0 aliphatic carbocycles. The van der Waals surface area contributed by atoms with E-state index in [0.29, 0.717) is 15.0 Å². The minimum atomic E-state index is -0.511. The molecule has 1 heterocycles. The molecule has 0 unspecified atom stereocenters. The van der Waals surface area contributed by atoms with E-state index in [-0.39, 0.29) is 17.9 Å². The number of terminal acetylenes is 1. The fraction of sp³-hybridized carbons (Fsp3) is 0.0588. The van der Waals surface area contributed by atoms with Gasteiger partial charge in [0.25, 0.3) is 5.91 Å². The van der Waals surface area contributed by atoms with Gasteiger partial charge in [-0.2, -0.15) is 4.99 Å². The number of amides is 1. The Hall–Kier alpha value is -2.78. The average molecular weight is 328 g/mol. The van der Waals surface area contributed by atoms with Gasteiger partial charge in [-0.1, -0.05) is 17.3 Å². The molecular formula is C17H10F2N2OS. The van der Waals surface area contributed by atoms with Crippen molar-refractivity contribution in [1.29, 1.82) is 0 Å². The van der Waals surface area contributed by atoms with Gasteiger partial charge in [-0.3, -0.25) is 4.79 Å². The van der Waals surface area contributed by atoms with Gasteiger partial charge >= 0.3 is 0 Å². The van der Waals surface area contributed by atoms with E-state index >= 15 is 0 Å². The van der Waals surface area contributed by atoms with Crippen LogP contribution in [0.1, 0.15) is 10.4 Å². The van der Waals surface area contributed by atoms with Crippen molar-refractivity contribution in [3.63, 3.8) is 0 Å². The highest BCUT2D eigenvalue weighted by molar-refractivity contribution is 7.16. The summed E-state index contributed by atoms with van der Waals surface area (Å²) < 4.78 is 28.6. The van der Waals surface area contributed by atoms with Crippen molar-refractivity contribution in [2.45, 2.75) is 6.54 Å². The highest BCUT2D eigenvalue weighted by Gasteiger charge is 2.09. The number of fused-ring (bicyclic) bond motifs is 1. The SMILES string of the molecule is C#CCn1c(=NC(=O)c2ccc(F)cc2)sc2cc(F)ccc21. The summed E-state index contributed by atoms with van der Waals surface area (Å²) in [6.07, 6.45) is 5.36. The van der Waals surface area contributed by atoms with E-state index in [9.17, 15) is 13.6 Å². The van der Waals surface area contributed by atoms with E-state index in [2.05, 4.69) is 10.9 Å². The molecule has 0 spiro atoms. The molecule has 0 radical (unpaired) electrons. The van der Waals surface area contributed by atoms with E-state index in [4.69, 9.17) is 6.42 Å². The van der Waals surface area contributed by atoms with Crippen LogP contribution >= 0.6 is 11.3 Å². The molecule has 3 aromatic rings. The van der Waals surface area contributed by atoms with E-state index in [1.54, 1.807) is 10.6 Å². The van der Waals surface area contributed by atoms with Gasteiger partial charge in [0.05, 0.1) is 16.8 Å². The van der Waals surface area contributed by atoms with Crippen molar-refractivity contribution in [1.82, 2.24) is 4.57 Å². The lowest BCUT2D eigenvalue weighted by molar-refractivity contribution is 0.0998. The zero-order chi connectivity index (χ0) is 16.4. The van der Waals surface area contributed by atoms with E-state index in [1.807, 2.05) is 0 Å². The highest BCUT2D eigenvalue weighted by atomic mass is 32.1. The van der Waals surface area contributed by atoms with Crippen molar-refractivity contribution in [3.05, 3.63) is 64.5 Å². The van der Waals surface area contributed by atoms with E-state index in [1.165, 1.54) is 47.7 Å². The first-order valence-electron chi connectivity index (χ1n) is 6.65. The average Bonchev–Trinajstić information content (AvgIpc) is 2.85. The summed E-state index contributed by atoms with van der Waals surface area (Å²) in [5.74, 6) is 1.18. The van der Waals surface area contributed by atoms with Gasteiger partial charge in [-0.05, 0) is 42.5 Å². The summed E-state index contributed by atoms with van der Waals surface area (Å²) in [4.78, 5) is 16.6. The van der Waals surface area contributed by atoms with Crippen LogP contribution in [0.3, 0.4) is 0 Å². The van der Waals surface area contributed by atoms with Crippen LogP contribution in [-0.4, -0.2) is 10.5 Å².